The first-order valence-electron chi connectivity index (χ1n) is 6.83. The zero-order chi connectivity index (χ0) is 15.6. The molecule has 0 saturated heterocycles. The fourth-order valence-electron chi connectivity index (χ4n) is 1.92. The minimum absolute atomic E-state index is 0.00616. The molecule has 2 rings (SSSR count). The van der Waals surface area contributed by atoms with Gasteiger partial charge in [0.1, 0.15) is 11.2 Å². The van der Waals surface area contributed by atoms with Crippen LogP contribution in [0.3, 0.4) is 0 Å². The van der Waals surface area contributed by atoms with E-state index < -0.39 is 11.5 Å². The molecule has 1 amide bonds. The van der Waals surface area contributed by atoms with Crippen molar-refractivity contribution in [3.63, 3.8) is 0 Å². The van der Waals surface area contributed by atoms with Gasteiger partial charge in [0.2, 0.25) is 0 Å². The Morgan fingerprint density at radius 2 is 2.19 bits per heavy atom. The number of pyridine rings is 1. The molecule has 0 spiro atoms. The van der Waals surface area contributed by atoms with Gasteiger partial charge in [-0.2, -0.15) is 0 Å². The van der Waals surface area contributed by atoms with E-state index in [1.807, 2.05) is 13.8 Å². The highest BCUT2D eigenvalue weighted by Crippen LogP contribution is 2.04. The van der Waals surface area contributed by atoms with Gasteiger partial charge in [0, 0.05) is 25.0 Å². The zero-order valence-electron chi connectivity index (χ0n) is 12.3. The first kappa shape index (κ1) is 15.2. The molecule has 21 heavy (non-hydrogen) atoms. The van der Waals surface area contributed by atoms with Gasteiger partial charge in [0.25, 0.3) is 11.5 Å². The molecule has 6 heteroatoms. The minimum atomic E-state index is -0.477. The fourth-order valence-corrected chi connectivity index (χ4v) is 1.92. The van der Waals surface area contributed by atoms with Crippen LogP contribution in [0.25, 0.3) is 5.65 Å². The number of aryl methyl sites for hydroxylation is 1. The number of nitrogens with zero attached hydrogens (tertiary/aromatic N) is 2. The van der Waals surface area contributed by atoms with Crippen molar-refractivity contribution >= 4 is 11.6 Å². The Hall–Kier alpha value is -2.21. The maximum Gasteiger partial charge on any atom is 0.270 e. The summed E-state index contributed by atoms with van der Waals surface area (Å²) < 4.78 is 1.35. The Morgan fingerprint density at radius 3 is 2.86 bits per heavy atom. The minimum Gasteiger partial charge on any atom is -0.396 e. The number of hydrogen-bond acceptors (Lipinski definition) is 4. The van der Waals surface area contributed by atoms with Crippen LogP contribution in [-0.2, 0) is 0 Å². The summed E-state index contributed by atoms with van der Waals surface area (Å²) in [7, 11) is 0. The average molecular weight is 289 g/mol. The van der Waals surface area contributed by atoms with Crippen molar-refractivity contribution in [2.45, 2.75) is 26.8 Å². The Balaban J connectivity index is 2.34. The van der Waals surface area contributed by atoms with Gasteiger partial charge in [0.05, 0.1) is 0 Å². The normalized spacial score (nSPS) is 13.9. The number of nitrogens with one attached hydrogen (secondary N) is 1. The van der Waals surface area contributed by atoms with Crippen LogP contribution in [-0.4, -0.2) is 33.0 Å². The third kappa shape index (κ3) is 3.11. The lowest BCUT2D eigenvalue weighted by Crippen LogP contribution is -2.41. The number of carbonyl (C=O) groups is 1. The van der Waals surface area contributed by atoms with Gasteiger partial charge in [-0.1, -0.05) is 6.92 Å². The summed E-state index contributed by atoms with van der Waals surface area (Å²) in [5.74, 6) is -0.567. The van der Waals surface area contributed by atoms with E-state index in [0.717, 1.165) is 5.56 Å². The predicted octanol–water partition coefficient (Wildman–Crippen LogP) is 0.750. The summed E-state index contributed by atoms with van der Waals surface area (Å²) >= 11 is 0. The van der Waals surface area contributed by atoms with Crippen LogP contribution in [0.2, 0.25) is 0 Å². The van der Waals surface area contributed by atoms with Crippen LogP contribution in [0.5, 0.6) is 0 Å². The van der Waals surface area contributed by atoms with Crippen LogP contribution in [0.15, 0.2) is 29.3 Å². The quantitative estimate of drug-likeness (QED) is 0.870. The van der Waals surface area contributed by atoms with Crippen LogP contribution >= 0.6 is 0 Å². The van der Waals surface area contributed by atoms with Gasteiger partial charge in [0.15, 0.2) is 0 Å². The maximum atomic E-state index is 12.3. The van der Waals surface area contributed by atoms with E-state index in [2.05, 4.69) is 10.3 Å². The molecule has 0 aliphatic rings. The van der Waals surface area contributed by atoms with Crippen molar-refractivity contribution in [2.75, 3.05) is 6.61 Å². The first-order valence-corrected chi connectivity index (χ1v) is 6.83. The number of hydrogen-bond donors (Lipinski definition) is 2. The van der Waals surface area contributed by atoms with Crippen LogP contribution in [0, 0.1) is 12.8 Å². The lowest BCUT2D eigenvalue weighted by atomic mass is 10.0. The van der Waals surface area contributed by atoms with Crippen LogP contribution < -0.4 is 10.9 Å². The topological polar surface area (TPSA) is 83.7 Å². The maximum absolute atomic E-state index is 12.3. The molecule has 2 aromatic rings. The summed E-state index contributed by atoms with van der Waals surface area (Å²) in [6.07, 6.45) is 2.90. The van der Waals surface area contributed by atoms with Crippen LogP contribution in [0.4, 0.5) is 0 Å². The SMILES string of the molecule is Cc1ccn2c(=O)c(C(=O)NC(C)C(C)CO)cnc2c1. The molecule has 2 aromatic heterocycles. The van der Waals surface area contributed by atoms with Gasteiger partial charge >= 0.3 is 0 Å². The Bertz CT molecular complexity index is 724. The Morgan fingerprint density at radius 1 is 1.48 bits per heavy atom. The molecule has 0 bridgehead atoms. The molecule has 2 unspecified atom stereocenters. The molecule has 0 aromatic carbocycles. The lowest BCUT2D eigenvalue weighted by molar-refractivity contribution is 0.0914. The Kier molecular flexibility index (Phi) is 4.37. The summed E-state index contributed by atoms with van der Waals surface area (Å²) in [6.45, 7) is 5.48. The number of aromatic nitrogens is 2. The molecule has 0 fully saturated rings. The number of carbonyl (C=O) groups excluding carboxylic acids is 1. The highest BCUT2D eigenvalue weighted by molar-refractivity contribution is 5.93. The van der Waals surface area contributed by atoms with Crippen molar-refractivity contribution in [1.29, 1.82) is 0 Å². The summed E-state index contributed by atoms with van der Waals surface area (Å²) in [5.41, 5.74) is 1.09. The average Bonchev–Trinajstić information content (AvgIpc) is 2.46. The van der Waals surface area contributed by atoms with Gasteiger partial charge in [-0.3, -0.25) is 14.0 Å². The molecular weight excluding hydrogens is 270 g/mol. The van der Waals surface area contributed by atoms with Crippen molar-refractivity contribution in [1.82, 2.24) is 14.7 Å². The number of aliphatic hydroxyl groups excluding tert-OH is 1. The molecular formula is C15H19N3O3. The van der Waals surface area contributed by atoms with Crippen molar-refractivity contribution < 1.29 is 9.90 Å². The molecule has 0 aliphatic carbocycles. The number of rotatable bonds is 4. The van der Waals surface area contributed by atoms with Crippen molar-refractivity contribution in [3.05, 3.63) is 46.0 Å². The second-order valence-corrected chi connectivity index (χ2v) is 5.33. The van der Waals surface area contributed by atoms with E-state index in [9.17, 15) is 9.59 Å². The number of fused-ring (bicyclic) bond motifs is 1. The summed E-state index contributed by atoms with van der Waals surface area (Å²) in [4.78, 5) is 28.6. The number of amides is 1. The largest absolute Gasteiger partial charge is 0.396 e. The van der Waals surface area contributed by atoms with E-state index >= 15 is 0 Å². The van der Waals surface area contributed by atoms with Crippen molar-refractivity contribution in [2.24, 2.45) is 5.92 Å². The third-order valence-corrected chi connectivity index (χ3v) is 3.61. The highest BCUT2D eigenvalue weighted by atomic mass is 16.3. The predicted molar refractivity (Wildman–Crippen MR) is 79.4 cm³/mol. The molecule has 112 valence electrons. The number of aliphatic hydroxyl groups is 1. The first-order chi connectivity index (χ1) is 9.93. The second-order valence-electron chi connectivity index (χ2n) is 5.33. The second kappa shape index (κ2) is 6.05. The Labute approximate surface area is 122 Å². The fraction of sp³-hybridized carbons (Fsp3) is 0.400. The van der Waals surface area contributed by atoms with Crippen molar-refractivity contribution in [3.8, 4) is 0 Å². The monoisotopic (exact) mass is 289 g/mol. The highest BCUT2D eigenvalue weighted by Gasteiger charge is 2.18. The smallest absolute Gasteiger partial charge is 0.270 e. The van der Waals surface area contributed by atoms with Crippen LogP contribution in [0.1, 0.15) is 29.8 Å². The third-order valence-electron chi connectivity index (χ3n) is 3.61. The zero-order valence-corrected chi connectivity index (χ0v) is 12.3. The molecule has 6 nitrogen and oxygen atoms in total. The van der Waals surface area contributed by atoms with E-state index in [1.165, 1.54) is 10.6 Å². The van der Waals surface area contributed by atoms with E-state index in [1.54, 1.807) is 25.3 Å². The molecule has 2 atom stereocenters. The van der Waals surface area contributed by atoms with E-state index in [-0.39, 0.29) is 24.1 Å². The van der Waals surface area contributed by atoms with Gasteiger partial charge < -0.3 is 10.4 Å². The molecule has 0 saturated carbocycles. The molecule has 2 heterocycles. The lowest BCUT2D eigenvalue weighted by Gasteiger charge is -2.19. The van der Waals surface area contributed by atoms with E-state index in [4.69, 9.17) is 5.11 Å². The summed E-state index contributed by atoms with van der Waals surface area (Å²) in [6, 6.07) is 3.33. The molecule has 2 N–H and O–H groups in total. The van der Waals surface area contributed by atoms with Gasteiger partial charge in [-0.05, 0) is 37.5 Å². The van der Waals surface area contributed by atoms with E-state index in [0.29, 0.717) is 5.65 Å². The standard InChI is InChI=1S/C15H19N3O3/c1-9-4-5-18-13(6-9)16-7-12(15(18)21)14(20)17-11(3)10(2)8-19/h4-7,10-11,19H,8H2,1-3H3,(H,17,20). The molecule has 0 radical (unpaired) electrons. The van der Waals surface area contributed by atoms with Gasteiger partial charge in [-0.15, -0.1) is 0 Å². The van der Waals surface area contributed by atoms with Gasteiger partial charge in [-0.25, -0.2) is 4.98 Å². The molecule has 0 aliphatic heterocycles. The summed E-state index contributed by atoms with van der Waals surface area (Å²) in [5, 5.41) is 11.8.